The Bertz CT molecular complexity index is 570. The van der Waals surface area contributed by atoms with E-state index < -0.39 is 62.2 Å². The molecule has 0 aromatic carbocycles. The molecule has 0 unspecified atom stereocenters. The van der Waals surface area contributed by atoms with Gasteiger partial charge in [-0.2, -0.15) is 0 Å². The van der Waals surface area contributed by atoms with Crippen LogP contribution >= 0.6 is 0 Å². The number of nitrogens with zero attached hydrogens (tertiary/aromatic N) is 4. The molecule has 4 N–H and O–H groups in total. The molecule has 0 saturated carbocycles. The lowest BCUT2D eigenvalue weighted by Gasteiger charge is -2.31. The van der Waals surface area contributed by atoms with E-state index in [-0.39, 0.29) is 10.0 Å². The number of hydrogen-bond acceptors (Lipinski definition) is 9. The predicted molar refractivity (Wildman–Crippen MR) is 81.1 cm³/mol. The molecule has 0 aromatic heterocycles. The summed E-state index contributed by atoms with van der Waals surface area (Å²) in [5.74, 6) is -5.94. The quantitative estimate of drug-likeness (QED) is 0.231. The van der Waals surface area contributed by atoms with E-state index >= 15 is 0 Å². The highest BCUT2D eigenvalue weighted by Gasteiger charge is 2.31. The highest BCUT2D eigenvalue weighted by molar-refractivity contribution is 5.87. The van der Waals surface area contributed by atoms with E-state index in [1.807, 2.05) is 0 Å². The largest absolute Gasteiger partial charge is 0.480 e. The molecular weight excluding hydrogens is 376 g/mol. The summed E-state index contributed by atoms with van der Waals surface area (Å²) < 4.78 is 4.36. The van der Waals surface area contributed by atoms with Crippen LogP contribution < -0.4 is 0 Å². The normalized spacial score (nSPS) is 10.4. The number of carboxylic acid groups (broad SMARTS) is 4. The van der Waals surface area contributed by atoms with Crippen molar-refractivity contribution in [1.29, 1.82) is 0 Å². The number of carboxylic acids is 4. The van der Waals surface area contributed by atoms with E-state index in [0.717, 1.165) is 14.1 Å². The molecule has 0 aromatic rings. The van der Waals surface area contributed by atoms with Crippen molar-refractivity contribution in [3.8, 4) is 0 Å². The fourth-order valence-corrected chi connectivity index (χ4v) is 1.65. The first-order valence-electron chi connectivity index (χ1n) is 6.95. The number of aliphatic carboxylic acids is 4. The van der Waals surface area contributed by atoms with Gasteiger partial charge in [0.05, 0.1) is 0 Å². The van der Waals surface area contributed by atoms with Crippen molar-refractivity contribution in [2.75, 3.05) is 40.3 Å². The van der Waals surface area contributed by atoms with Crippen LogP contribution in [0.25, 0.3) is 0 Å². The molecule has 0 radical (unpaired) electrons. The Labute approximate surface area is 151 Å². The van der Waals surface area contributed by atoms with Crippen molar-refractivity contribution in [3.63, 3.8) is 0 Å². The smallest absolute Gasteiger partial charge is 0.434 e. The van der Waals surface area contributed by atoms with Crippen molar-refractivity contribution >= 4 is 36.1 Å². The lowest BCUT2D eigenvalue weighted by molar-refractivity contribution is -0.149. The average molecular weight is 394 g/mol. The summed E-state index contributed by atoms with van der Waals surface area (Å²) in [6, 6.07) is 0. The first-order chi connectivity index (χ1) is 12.3. The summed E-state index contributed by atoms with van der Waals surface area (Å²) in [6.45, 7) is -3.73. The zero-order chi connectivity index (χ0) is 21.3. The predicted octanol–water partition coefficient (Wildman–Crippen LogP) is -2.12. The summed E-state index contributed by atoms with van der Waals surface area (Å²) >= 11 is 0. The minimum absolute atomic E-state index is 0.282. The van der Waals surface area contributed by atoms with Gasteiger partial charge in [0.15, 0.2) is 0 Å². The molecule has 0 aliphatic heterocycles. The fourth-order valence-electron chi connectivity index (χ4n) is 1.65. The number of ether oxygens (including phenoxy) is 1. The number of carbonyl (C=O) groups is 6. The lowest BCUT2D eigenvalue weighted by atomic mass is 10.5. The Hall–Kier alpha value is -3.46. The Balaban J connectivity index is 5.35. The summed E-state index contributed by atoms with van der Waals surface area (Å²) in [5.41, 5.74) is 0. The Morgan fingerprint density at radius 2 is 0.852 bits per heavy atom. The molecule has 0 fully saturated rings. The molecular formula is C12H18N4O11. The zero-order valence-corrected chi connectivity index (χ0v) is 14.3. The molecule has 0 aliphatic rings. The van der Waals surface area contributed by atoms with Crippen LogP contribution in [0.4, 0.5) is 9.59 Å². The third-order valence-electron chi connectivity index (χ3n) is 2.72. The highest BCUT2D eigenvalue weighted by Crippen LogP contribution is 2.05. The van der Waals surface area contributed by atoms with Gasteiger partial charge >= 0.3 is 36.1 Å². The summed E-state index contributed by atoms with van der Waals surface area (Å²) in [5, 5.41) is 36.9. The van der Waals surface area contributed by atoms with Gasteiger partial charge in [0, 0.05) is 14.1 Å². The van der Waals surface area contributed by atoms with E-state index in [0.29, 0.717) is 10.0 Å². The molecule has 15 heteroatoms. The van der Waals surface area contributed by atoms with Crippen molar-refractivity contribution in [3.05, 3.63) is 0 Å². The highest BCUT2D eigenvalue weighted by atomic mass is 16.6. The standard InChI is InChI=1S/C12H18N4O11/c1-13(3-7(17)18)15(5-9(21)22)11(25)27-12(26)16(6-10(23)24)14(2)4-8(19)20/h3-6H2,1-2H3,(H,17,18)(H,19,20)(H,21,22)(H,23,24). The molecule has 0 atom stereocenters. The van der Waals surface area contributed by atoms with Crippen LogP contribution in [0, 0.1) is 0 Å². The summed E-state index contributed by atoms with van der Waals surface area (Å²) in [4.78, 5) is 67.1. The summed E-state index contributed by atoms with van der Waals surface area (Å²) in [7, 11) is 2.07. The van der Waals surface area contributed by atoms with Crippen LogP contribution in [0.5, 0.6) is 0 Å². The van der Waals surface area contributed by atoms with E-state index in [1.54, 1.807) is 0 Å². The van der Waals surface area contributed by atoms with Gasteiger partial charge < -0.3 is 25.2 Å². The number of carbonyl (C=O) groups excluding carboxylic acids is 2. The van der Waals surface area contributed by atoms with Crippen LogP contribution in [0.3, 0.4) is 0 Å². The second-order valence-corrected chi connectivity index (χ2v) is 4.96. The van der Waals surface area contributed by atoms with Gasteiger partial charge in [-0.15, -0.1) is 0 Å². The molecule has 2 amide bonds. The number of amides is 2. The summed E-state index contributed by atoms with van der Waals surface area (Å²) in [6.07, 6.45) is -3.21. The minimum Gasteiger partial charge on any atom is -0.480 e. The third-order valence-corrected chi connectivity index (χ3v) is 2.72. The van der Waals surface area contributed by atoms with Crippen LogP contribution in [0.15, 0.2) is 0 Å². The minimum atomic E-state index is -1.61. The Morgan fingerprint density at radius 3 is 1.07 bits per heavy atom. The van der Waals surface area contributed by atoms with E-state index in [4.69, 9.17) is 20.4 Å². The zero-order valence-electron chi connectivity index (χ0n) is 14.3. The average Bonchev–Trinajstić information content (AvgIpc) is 2.47. The van der Waals surface area contributed by atoms with E-state index in [9.17, 15) is 28.8 Å². The molecule has 0 spiro atoms. The van der Waals surface area contributed by atoms with Gasteiger partial charge in [0.1, 0.15) is 26.2 Å². The van der Waals surface area contributed by atoms with Gasteiger partial charge in [0.2, 0.25) is 0 Å². The number of likely N-dealkylation sites (N-methyl/N-ethyl adjacent to an activating group) is 2. The van der Waals surface area contributed by atoms with Crippen molar-refractivity contribution < 1.29 is 53.9 Å². The van der Waals surface area contributed by atoms with Crippen LogP contribution in [0.1, 0.15) is 0 Å². The first kappa shape index (κ1) is 23.5. The molecule has 0 aliphatic carbocycles. The molecule has 27 heavy (non-hydrogen) atoms. The molecule has 0 saturated heterocycles. The van der Waals surface area contributed by atoms with Crippen molar-refractivity contribution in [1.82, 2.24) is 20.0 Å². The SMILES string of the molecule is CN(CC(=O)O)N(CC(=O)O)C(=O)OC(=O)N(CC(=O)O)N(C)CC(=O)O. The van der Waals surface area contributed by atoms with Crippen LogP contribution in [-0.4, -0.2) is 117 Å². The Kier molecular flexibility index (Phi) is 9.17. The van der Waals surface area contributed by atoms with Gasteiger partial charge in [-0.1, -0.05) is 0 Å². The number of hydrogen-bond donors (Lipinski definition) is 4. The van der Waals surface area contributed by atoms with Crippen LogP contribution in [0.2, 0.25) is 0 Å². The number of rotatable bonds is 10. The van der Waals surface area contributed by atoms with Gasteiger partial charge in [-0.3, -0.25) is 19.2 Å². The molecule has 0 rings (SSSR count). The van der Waals surface area contributed by atoms with Gasteiger partial charge in [0.25, 0.3) is 0 Å². The Morgan fingerprint density at radius 1 is 0.593 bits per heavy atom. The van der Waals surface area contributed by atoms with Gasteiger partial charge in [-0.05, 0) is 0 Å². The maximum absolute atomic E-state index is 12.0. The van der Waals surface area contributed by atoms with E-state index in [2.05, 4.69) is 4.74 Å². The first-order valence-corrected chi connectivity index (χ1v) is 6.95. The maximum Gasteiger partial charge on any atom is 0.434 e. The second kappa shape index (κ2) is 10.5. The van der Waals surface area contributed by atoms with Crippen molar-refractivity contribution in [2.45, 2.75) is 0 Å². The second-order valence-electron chi connectivity index (χ2n) is 4.96. The monoisotopic (exact) mass is 394 g/mol. The molecule has 0 heterocycles. The van der Waals surface area contributed by atoms with Crippen molar-refractivity contribution in [2.24, 2.45) is 0 Å². The fraction of sp³-hybridized carbons (Fsp3) is 0.500. The maximum atomic E-state index is 12.0. The van der Waals surface area contributed by atoms with Crippen LogP contribution in [-0.2, 0) is 23.9 Å². The lowest BCUT2D eigenvalue weighted by Crippen LogP contribution is -2.53. The van der Waals surface area contributed by atoms with E-state index in [1.165, 1.54) is 0 Å². The molecule has 0 bridgehead atoms. The third kappa shape index (κ3) is 8.98. The molecule has 15 nitrogen and oxygen atoms in total. The topological polar surface area (TPSA) is 206 Å². The van der Waals surface area contributed by atoms with Gasteiger partial charge in [-0.25, -0.2) is 29.6 Å². The number of hydrazine groups is 2. The molecule has 152 valence electrons.